The Balaban J connectivity index is 4.19. The molecule has 320 valence electrons. The van der Waals surface area contributed by atoms with Crippen molar-refractivity contribution < 1.29 is 28.6 Å². The van der Waals surface area contributed by atoms with E-state index in [0.717, 1.165) is 63.7 Å². The summed E-state index contributed by atoms with van der Waals surface area (Å²) in [7, 11) is 0. The third-order valence-electron chi connectivity index (χ3n) is 10.8. The molecular weight excluding hydrogens is 673 g/mol. The van der Waals surface area contributed by atoms with Crippen molar-refractivity contribution in [1.29, 1.82) is 0 Å². The van der Waals surface area contributed by atoms with Crippen molar-refractivity contribution in [3.05, 3.63) is 0 Å². The smallest absolute Gasteiger partial charge is 0.306 e. The van der Waals surface area contributed by atoms with Crippen molar-refractivity contribution in [2.45, 2.75) is 271 Å². The van der Waals surface area contributed by atoms with Crippen LogP contribution in [0, 0.1) is 5.92 Å². The highest BCUT2D eigenvalue weighted by Crippen LogP contribution is 2.16. The third kappa shape index (κ3) is 41.6. The molecule has 0 amide bonds. The lowest BCUT2D eigenvalue weighted by Gasteiger charge is -2.18. The van der Waals surface area contributed by atoms with Gasteiger partial charge in [0.1, 0.15) is 13.2 Å². The zero-order valence-corrected chi connectivity index (χ0v) is 36.7. The molecule has 0 radical (unpaired) electrons. The monoisotopic (exact) mass is 765 g/mol. The molecule has 0 saturated carbocycles. The third-order valence-corrected chi connectivity index (χ3v) is 10.8. The van der Waals surface area contributed by atoms with E-state index in [1.807, 2.05) is 0 Å². The van der Waals surface area contributed by atoms with Crippen LogP contribution in [0.5, 0.6) is 0 Å². The second-order valence-electron chi connectivity index (χ2n) is 16.9. The molecule has 0 rings (SSSR count). The molecule has 54 heavy (non-hydrogen) atoms. The Morgan fingerprint density at radius 3 is 0.907 bits per heavy atom. The van der Waals surface area contributed by atoms with Gasteiger partial charge in [-0.15, -0.1) is 0 Å². The predicted molar refractivity (Wildman–Crippen MR) is 229 cm³/mol. The Morgan fingerprint density at radius 1 is 0.352 bits per heavy atom. The molecule has 0 N–H and O–H groups in total. The van der Waals surface area contributed by atoms with Crippen molar-refractivity contribution in [3.63, 3.8) is 0 Å². The molecule has 0 spiro atoms. The highest BCUT2D eigenvalue weighted by Gasteiger charge is 2.19. The highest BCUT2D eigenvalue weighted by atomic mass is 16.6. The van der Waals surface area contributed by atoms with E-state index >= 15 is 0 Å². The van der Waals surface area contributed by atoms with Crippen LogP contribution in [0.15, 0.2) is 0 Å². The number of esters is 3. The first-order valence-electron chi connectivity index (χ1n) is 23.9. The zero-order valence-electron chi connectivity index (χ0n) is 36.7. The fourth-order valence-corrected chi connectivity index (χ4v) is 7.16. The number of carbonyl (C=O) groups is 3. The standard InChI is InChI=1S/C48H92O6/c1-5-7-9-11-13-14-15-17-21-24-28-31-35-39-46(49)52-42-45(54-48(51)41-37-33-26-12-10-8-6-2)43-53-47(50)40-36-32-29-25-22-19-16-18-20-23-27-30-34-38-44(3)4/h44-45H,5-43H2,1-4H3/t45-/m1/s1. The summed E-state index contributed by atoms with van der Waals surface area (Å²) in [5.41, 5.74) is 0. The zero-order chi connectivity index (χ0) is 39.6. The second kappa shape index (κ2) is 42.6. The summed E-state index contributed by atoms with van der Waals surface area (Å²) in [6, 6.07) is 0. The maximum Gasteiger partial charge on any atom is 0.306 e. The van der Waals surface area contributed by atoms with Gasteiger partial charge < -0.3 is 14.2 Å². The Labute approximate surface area is 336 Å². The van der Waals surface area contributed by atoms with Gasteiger partial charge >= 0.3 is 17.9 Å². The van der Waals surface area contributed by atoms with Crippen LogP contribution in [0.2, 0.25) is 0 Å². The number of carbonyl (C=O) groups excluding carboxylic acids is 3. The molecule has 6 nitrogen and oxygen atoms in total. The van der Waals surface area contributed by atoms with Crippen molar-refractivity contribution in [1.82, 2.24) is 0 Å². The second-order valence-corrected chi connectivity index (χ2v) is 16.9. The summed E-state index contributed by atoms with van der Waals surface area (Å²) >= 11 is 0. The van der Waals surface area contributed by atoms with Crippen molar-refractivity contribution >= 4 is 17.9 Å². The molecular formula is C48H92O6. The summed E-state index contributed by atoms with van der Waals surface area (Å²) in [5, 5.41) is 0. The molecule has 0 aromatic heterocycles. The van der Waals surface area contributed by atoms with Crippen LogP contribution < -0.4 is 0 Å². The lowest BCUT2D eigenvalue weighted by Crippen LogP contribution is -2.30. The summed E-state index contributed by atoms with van der Waals surface area (Å²) < 4.78 is 16.7. The van der Waals surface area contributed by atoms with Crippen molar-refractivity contribution in [3.8, 4) is 0 Å². The molecule has 6 heteroatoms. The lowest BCUT2D eigenvalue weighted by molar-refractivity contribution is -0.167. The van der Waals surface area contributed by atoms with Gasteiger partial charge in [0.15, 0.2) is 6.10 Å². The Kier molecular flexibility index (Phi) is 41.3. The van der Waals surface area contributed by atoms with E-state index in [1.54, 1.807) is 0 Å². The minimum absolute atomic E-state index is 0.0639. The van der Waals surface area contributed by atoms with Gasteiger partial charge in [-0.3, -0.25) is 14.4 Å². The molecule has 0 unspecified atom stereocenters. The Morgan fingerprint density at radius 2 is 0.611 bits per heavy atom. The van der Waals surface area contributed by atoms with Crippen LogP contribution >= 0.6 is 0 Å². The van der Waals surface area contributed by atoms with Gasteiger partial charge in [0.05, 0.1) is 0 Å². The number of rotatable bonds is 43. The van der Waals surface area contributed by atoms with Gasteiger partial charge in [-0.05, 0) is 25.2 Å². The molecule has 0 aliphatic carbocycles. The van der Waals surface area contributed by atoms with Gasteiger partial charge in [0.25, 0.3) is 0 Å². The van der Waals surface area contributed by atoms with Gasteiger partial charge in [0, 0.05) is 19.3 Å². The van der Waals surface area contributed by atoms with E-state index in [-0.39, 0.29) is 31.1 Å². The van der Waals surface area contributed by atoms with Gasteiger partial charge in [-0.25, -0.2) is 0 Å². The van der Waals surface area contributed by atoms with E-state index < -0.39 is 6.10 Å². The van der Waals surface area contributed by atoms with E-state index in [1.165, 1.54) is 161 Å². The summed E-state index contributed by atoms with van der Waals surface area (Å²) in [4.78, 5) is 37.6. The lowest BCUT2D eigenvalue weighted by atomic mass is 10.0. The van der Waals surface area contributed by atoms with Crippen LogP contribution in [-0.4, -0.2) is 37.2 Å². The highest BCUT2D eigenvalue weighted by molar-refractivity contribution is 5.71. The fourth-order valence-electron chi connectivity index (χ4n) is 7.16. The first-order chi connectivity index (χ1) is 26.4. The first kappa shape index (κ1) is 52.4. The van der Waals surface area contributed by atoms with E-state index in [2.05, 4.69) is 27.7 Å². The number of unbranched alkanes of at least 4 members (excludes halogenated alkanes) is 30. The quantitative estimate of drug-likeness (QED) is 0.0349. The summed E-state index contributed by atoms with van der Waals surface area (Å²) in [5.74, 6) is -0.0171. The largest absolute Gasteiger partial charge is 0.462 e. The van der Waals surface area contributed by atoms with Crippen LogP contribution in [0.4, 0.5) is 0 Å². The molecule has 0 aromatic carbocycles. The topological polar surface area (TPSA) is 78.9 Å². The van der Waals surface area contributed by atoms with Gasteiger partial charge in [-0.1, -0.05) is 227 Å². The molecule has 0 saturated heterocycles. The number of hydrogen-bond donors (Lipinski definition) is 0. The molecule has 0 fully saturated rings. The van der Waals surface area contributed by atoms with Crippen LogP contribution in [0.3, 0.4) is 0 Å². The van der Waals surface area contributed by atoms with Crippen molar-refractivity contribution in [2.75, 3.05) is 13.2 Å². The molecule has 0 bridgehead atoms. The molecule has 0 aliphatic heterocycles. The van der Waals surface area contributed by atoms with Crippen LogP contribution in [-0.2, 0) is 28.6 Å². The number of hydrogen-bond acceptors (Lipinski definition) is 6. The average molecular weight is 765 g/mol. The molecule has 0 aliphatic rings. The maximum atomic E-state index is 12.6. The molecule has 1 atom stereocenters. The Hall–Kier alpha value is -1.59. The maximum absolute atomic E-state index is 12.6. The molecule has 0 aromatic rings. The first-order valence-corrected chi connectivity index (χ1v) is 23.9. The minimum atomic E-state index is -0.758. The van der Waals surface area contributed by atoms with Crippen molar-refractivity contribution in [2.24, 2.45) is 5.92 Å². The normalized spacial score (nSPS) is 11.9. The molecule has 0 heterocycles. The van der Waals surface area contributed by atoms with E-state index in [4.69, 9.17) is 14.2 Å². The summed E-state index contributed by atoms with van der Waals surface area (Å²) in [6.45, 7) is 8.97. The SMILES string of the molecule is CCCCCCCCCCCCCCCC(=O)OC[C@H](COC(=O)CCCCCCCCCCCCCCCC(C)C)OC(=O)CCCCCCCCC. The van der Waals surface area contributed by atoms with E-state index in [0.29, 0.717) is 19.3 Å². The fraction of sp³-hybridized carbons (Fsp3) is 0.938. The van der Waals surface area contributed by atoms with Gasteiger partial charge in [0.2, 0.25) is 0 Å². The van der Waals surface area contributed by atoms with Crippen LogP contribution in [0.1, 0.15) is 265 Å². The predicted octanol–water partition coefficient (Wildman–Crippen LogP) is 15.1. The summed E-state index contributed by atoms with van der Waals surface area (Å²) in [6.07, 6.45) is 42.4. The number of ether oxygens (including phenoxy) is 3. The minimum Gasteiger partial charge on any atom is -0.462 e. The van der Waals surface area contributed by atoms with Crippen LogP contribution in [0.25, 0.3) is 0 Å². The Bertz CT molecular complexity index is 811. The van der Waals surface area contributed by atoms with E-state index in [9.17, 15) is 14.4 Å². The van der Waals surface area contributed by atoms with Gasteiger partial charge in [-0.2, -0.15) is 0 Å². The average Bonchev–Trinajstić information content (AvgIpc) is 3.15.